The van der Waals surface area contributed by atoms with Crippen LogP contribution in [0.5, 0.6) is 0 Å². The van der Waals surface area contributed by atoms with Gasteiger partial charge in [-0.25, -0.2) is 0 Å². The molecule has 23 N–H and O–H groups in total. The van der Waals surface area contributed by atoms with Crippen molar-refractivity contribution in [2.45, 2.75) is 215 Å². The molecule has 14 bridgehead atoms. The Kier molecular flexibility index (Phi) is 23.8. The van der Waals surface area contributed by atoms with Gasteiger partial charge in [-0.05, 0) is 0 Å². The maximum Gasteiger partial charge on any atom is 0.394 e. The Morgan fingerprint density at radius 1 is 0.207 bits per heavy atom. The van der Waals surface area contributed by atoms with Gasteiger partial charge in [-0.3, -0.25) is 9.11 Å². The third-order valence-electron chi connectivity index (χ3n) is 14.8. The van der Waals surface area contributed by atoms with E-state index in [1.165, 1.54) is 0 Å². The van der Waals surface area contributed by atoms with Gasteiger partial charge in [-0.2, -0.15) is 8.42 Å². The van der Waals surface area contributed by atoms with Gasteiger partial charge in [0.15, 0.2) is 44.0 Å². The molecule has 0 aromatic heterocycles. The predicted molar refractivity (Wildman–Crippen MR) is 243 cm³/mol. The Hall–Kier alpha value is -1.53. The molecule has 21 aliphatic heterocycles. The summed E-state index contributed by atoms with van der Waals surface area (Å²) < 4.78 is 111. The zero-order valence-electron chi connectivity index (χ0n) is 42.4. The van der Waals surface area contributed by atoms with Crippen molar-refractivity contribution in [2.75, 3.05) is 46.2 Å². The van der Waals surface area contributed by atoms with Crippen molar-refractivity contribution in [2.24, 2.45) is 0 Å². The maximum absolute atomic E-state index is 11.3. The smallest absolute Gasteiger partial charge is 0.394 e. The number of ether oxygens (including phenoxy) is 14. The van der Waals surface area contributed by atoms with E-state index >= 15 is 0 Å². The van der Waals surface area contributed by atoms with Crippen LogP contribution in [-0.2, 0) is 76.7 Å². The molecule has 0 radical (unpaired) electrons. The van der Waals surface area contributed by atoms with Crippen LogP contribution in [-0.4, -0.2) is 386 Å². The van der Waals surface area contributed by atoms with Gasteiger partial charge in [-0.1, -0.05) is 0 Å². The number of rotatable bonds is 7. The van der Waals surface area contributed by atoms with Crippen molar-refractivity contribution in [3.63, 3.8) is 0 Å². The quantitative estimate of drug-likeness (QED) is 0.105. The van der Waals surface area contributed by atoms with Crippen LogP contribution in [0.1, 0.15) is 0 Å². The van der Waals surface area contributed by atoms with Gasteiger partial charge < -0.3 is 174 Å². The molecule has 82 heavy (non-hydrogen) atoms. The minimum atomic E-state index is -4.67. The Balaban J connectivity index is 0.00000185. The summed E-state index contributed by atoms with van der Waals surface area (Å²) in [6.45, 7) is -7.33. The second-order valence-electron chi connectivity index (χ2n) is 20.1. The Bertz CT molecular complexity index is 1700. The zero-order chi connectivity index (χ0) is 60.6. The molecule has 21 rings (SSSR count). The van der Waals surface area contributed by atoms with Crippen LogP contribution in [0.15, 0.2) is 0 Å². The normalized spacial score (nSPS) is 52.7. The Morgan fingerprint density at radius 2 is 0.305 bits per heavy atom. The molecule has 21 heterocycles. The summed E-state index contributed by atoms with van der Waals surface area (Å²) in [6, 6.07) is 0. The largest absolute Gasteiger partial charge is 0.394 e. The van der Waals surface area contributed by atoms with E-state index in [1.54, 1.807) is 0 Å². The predicted octanol–water partition coefficient (Wildman–Crippen LogP) is -15.9. The average molecular weight is 1230 g/mol. The maximum atomic E-state index is 11.3. The first-order valence-corrected chi connectivity index (χ1v) is 26.7. The van der Waals surface area contributed by atoms with E-state index in [2.05, 4.69) is 0 Å². The van der Waals surface area contributed by atoms with Gasteiger partial charge in [0.1, 0.15) is 171 Å². The Labute approximate surface area is 462 Å². The van der Waals surface area contributed by atoms with Crippen LogP contribution in [0.4, 0.5) is 0 Å². The monoisotopic (exact) mass is 1230 g/mol. The molecule has 35 atom stereocenters. The minimum absolute atomic E-state index is 1.05. The third kappa shape index (κ3) is 14.5. The molecule has 0 aromatic rings. The highest BCUT2D eigenvalue weighted by Crippen LogP contribution is 2.39. The lowest BCUT2D eigenvalue weighted by Gasteiger charge is -2.50. The summed E-state index contributed by atoms with van der Waals surface area (Å²) in [5.41, 5.74) is 0. The van der Waals surface area contributed by atoms with Crippen molar-refractivity contribution in [1.29, 1.82) is 0 Å². The lowest BCUT2D eigenvalue weighted by molar-refractivity contribution is -0.396. The van der Waals surface area contributed by atoms with Crippen molar-refractivity contribution in [3.8, 4) is 0 Å². The van der Waals surface area contributed by atoms with Crippen LogP contribution in [0, 0.1) is 0 Å². The lowest BCUT2D eigenvalue weighted by atomic mass is 9.95. The van der Waals surface area contributed by atoms with Gasteiger partial charge >= 0.3 is 10.4 Å². The molecule has 480 valence electrons. The SMILES string of the molecule is O=S(=O)(O)O.OC[C@@H]1O[C@H]2O[C@@H]3[C@@H](O)[C@H](O)[C@H](O[C@@H]4[C@@H](O)[C@H](O)[C@H](O[C@@H]5[C@@H](O)[C@@H](O)[C@H](O[C@@H]6[C@@H](O)[C@H](O)[C@H](O[C@@H]7[C@@H](O)[C@H](O)[C@H](O[C@@H]8[C@@H](O)[C@H](O)[C@H](O[C@@H]1[C@@H](O)[C@@H]2O)O[C@H]8CO)O[C@H]7CO)O[C@H]6CO)O[C@H]5CO)O[C@H]4CO)O[C@H]3CO. The fourth-order valence-corrected chi connectivity index (χ4v) is 10.4. The number of aliphatic hydroxyl groups excluding tert-OH is 21. The second kappa shape index (κ2) is 28.7. The summed E-state index contributed by atoms with van der Waals surface area (Å²) in [4.78, 5) is 0. The molecule has 0 unspecified atom stereocenters. The van der Waals surface area contributed by atoms with E-state index in [4.69, 9.17) is 83.8 Å². The lowest BCUT2D eigenvalue weighted by Crippen LogP contribution is -2.68. The molecule has 0 aliphatic carbocycles. The van der Waals surface area contributed by atoms with Crippen molar-refractivity contribution >= 4 is 10.4 Å². The summed E-state index contributed by atoms with van der Waals surface area (Å²) in [5, 5.41) is 230. The summed E-state index contributed by atoms with van der Waals surface area (Å²) >= 11 is 0. The van der Waals surface area contributed by atoms with Crippen LogP contribution in [0.25, 0.3) is 0 Å². The highest BCUT2D eigenvalue weighted by molar-refractivity contribution is 7.79. The molecule has 0 aromatic carbocycles. The molecule has 21 fully saturated rings. The van der Waals surface area contributed by atoms with Gasteiger partial charge in [0.2, 0.25) is 0 Å². The standard InChI is InChI=1S/C42H70O35.H2O4S/c43-1-8-29-15(50)22(57)36(64-8)72-30-9(2-44)66-38(24(59)17(30)52)74-32-11(4-46)68-40(26(61)19(32)54)76-34-13(6-48)70-42(28(63)21(34)56)77-35-14(7-49)69-41(27(62)20(35)55)75-33-12(5-47)67-39(25(60)18(33)53)73-31-10(3-45)65-37(71-29)23(58)16(31)51;1-5(2,3)4/h8-63H,1-7H2;(H2,1,2,3,4)/t8-,9-,10-,11-,12-,13-,14-,15-,16-,17-,18-,19-,20-,21-,22-,23-,24-,25-,26-,27-,28+,29-,30-,31-,32-,33-,34-,35-,36-,37-,38-,39-,40-,41-,42-;/m0./s1. The fraction of sp³-hybridized carbons (Fsp3) is 1.00. The van der Waals surface area contributed by atoms with Gasteiger partial charge in [0.25, 0.3) is 0 Å². The first kappa shape index (κ1) is 68.0. The minimum Gasteiger partial charge on any atom is -0.394 e. The molecule has 0 spiro atoms. The molecule has 0 saturated carbocycles. The second-order valence-corrected chi connectivity index (χ2v) is 21.0. The molecule has 39 nitrogen and oxygen atoms in total. The first-order chi connectivity index (χ1) is 38.7. The fourth-order valence-electron chi connectivity index (χ4n) is 10.4. The van der Waals surface area contributed by atoms with Crippen molar-refractivity contribution in [3.05, 3.63) is 0 Å². The van der Waals surface area contributed by atoms with Gasteiger partial charge in [-0.15, -0.1) is 0 Å². The summed E-state index contributed by atoms with van der Waals surface area (Å²) in [7, 11) is -4.67. The Morgan fingerprint density at radius 3 is 0.390 bits per heavy atom. The number of hydrogen-bond acceptors (Lipinski definition) is 37. The topological polar surface area (TPSA) is 629 Å². The van der Waals surface area contributed by atoms with E-state index in [0.717, 1.165) is 0 Å². The zero-order valence-corrected chi connectivity index (χ0v) is 43.2. The molecule has 21 saturated heterocycles. The highest BCUT2D eigenvalue weighted by Gasteiger charge is 2.59. The summed E-state index contributed by atoms with van der Waals surface area (Å²) in [6.07, 6.45) is -70.2. The number of aliphatic hydroxyl groups is 21. The van der Waals surface area contributed by atoms with Crippen molar-refractivity contribution in [1.82, 2.24) is 0 Å². The average Bonchev–Trinajstić information content (AvgIpc) is 2.87. The number of hydrogen-bond donors (Lipinski definition) is 23. The molecular weight excluding hydrogens is 1160 g/mol. The van der Waals surface area contributed by atoms with E-state index in [0.29, 0.717) is 0 Å². The molecule has 40 heteroatoms. The van der Waals surface area contributed by atoms with E-state index < -0.39 is 272 Å². The molecular formula is C42H72O39S. The van der Waals surface area contributed by atoms with E-state index in [-0.39, 0.29) is 0 Å². The van der Waals surface area contributed by atoms with Crippen LogP contribution in [0.2, 0.25) is 0 Å². The highest BCUT2D eigenvalue weighted by atomic mass is 32.3. The molecule has 0 amide bonds. The first-order valence-electron chi connectivity index (χ1n) is 25.3. The molecule has 21 aliphatic rings. The van der Waals surface area contributed by atoms with Crippen LogP contribution < -0.4 is 0 Å². The van der Waals surface area contributed by atoms with Crippen LogP contribution >= 0.6 is 0 Å². The van der Waals surface area contributed by atoms with Crippen LogP contribution in [0.3, 0.4) is 0 Å². The van der Waals surface area contributed by atoms with Gasteiger partial charge in [0, 0.05) is 0 Å². The van der Waals surface area contributed by atoms with E-state index in [9.17, 15) is 107 Å². The van der Waals surface area contributed by atoms with E-state index in [1.807, 2.05) is 0 Å². The van der Waals surface area contributed by atoms with Crippen molar-refractivity contribution < 1.29 is 191 Å². The summed E-state index contributed by atoms with van der Waals surface area (Å²) in [5.74, 6) is 0. The third-order valence-corrected chi connectivity index (χ3v) is 14.8. The van der Waals surface area contributed by atoms with Gasteiger partial charge in [0.05, 0.1) is 46.2 Å².